The quantitative estimate of drug-likeness (QED) is 0.350. The van der Waals surface area contributed by atoms with Crippen molar-refractivity contribution >= 4 is 50.9 Å². The summed E-state index contributed by atoms with van der Waals surface area (Å²) in [6.45, 7) is 0.613. The second kappa shape index (κ2) is 9.55. The molecular weight excluding hydrogens is 505 g/mol. The SMILES string of the molecule is O=C(Nc1nn(Cc2ccc(Cl)cc2)cc1Br)c1ccnn1COc1ccc(Cl)cc1. The fourth-order valence-electron chi connectivity index (χ4n) is 2.81. The van der Waals surface area contributed by atoms with E-state index in [0.29, 0.717) is 38.3 Å². The van der Waals surface area contributed by atoms with Crippen LogP contribution in [0.1, 0.15) is 16.1 Å². The molecule has 4 rings (SSSR count). The Bertz CT molecular complexity index is 1190. The number of ether oxygens (including phenoxy) is 1. The van der Waals surface area contributed by atoms with Crippen LogP contribution in [0.4, 0.5) is 5.82 Å². The van der Waals surface area contributed by atoms with Gasteiger partial charge < -0.3 is 10.1 Å². The van der Waals surface area contributed by atoms with E-state index in [0.717, 1.165) is 5.56 Å². The number of hydrogen-bond donors (Lipinski definition) is 1. The summed E-state index contributed by atoms with van der Waals surface area (Å²) < 4.78 is 9.52. The monoisotopic (exact) mass is 519 g/mol. The van der Waals surface area contributed by atoms with Gasteiger partial charge in [-0.15, -0.1) is 0 Å². The number of benzene rings is 2. The van der Waals surface area contributed by atoms with Gasteiger partial charge in [0.15, 0.2) is 12.5 Å². The van der Waals surface area contributed by atoms with E-state index in [1.54, 1.807) is 41.2 Å². The molecule has 10 heteroatoms. The molecule has 4 aromatic rings. The van der Waals surface area contributed by atoms with Crippen molar-refractivity contribution < 1.29 is 9.53 Å². The molecule has 0 aliphatic carbocycles. The summed E-state index contributed by atoms with van der Waals surface area (Å²) in [5.74, 6) is 0.676. The third kappa shape index (κ3) is 5.46. The van der Waals surface area contributed by atoms with Gasteiger partial charge in [-0.3, -0.25) is 9.48 Å². The van der Waals surface area contributed by atoms with Crippen molar-refractivity contribution in [3.8, 4) is 5.75 Å². The first-order valence-electron chi connectivity index (χ1n) is 9.17. The molecule has 0 aliphatic heterocycles. The predicted octanol–water partition coefficient (Wildman–Crippen LogP) is 5.49. The van der Waals surface area contributed by atoms with E-state index >= 15 is 0 Å². The highest BCUT2D eigenvalue weighted by Crippen LogP contribution is 2.22. The van der Waals surface area contributed by atoms with Crippen molar-refractivity contribution in [1.29, 1.82) is 0 Å². The Kier molecular flexibility index (Phi) is 6.60. The van der Waals surface area contributed by atoms with Gasteiger partial charge >= 0.3 is 0 Å². The minimum Gasteiger partial charge on any atom is -0.471 e. The molecule has 0 radical (unpaired) electrons. The Morgan fingerprint density at radius 1 is 1.03 bits per heavy atom. The van der Waals surface area contributed by atoms with Crippen LogP contribution in [0.2, 0.25) is 10.0 Å². The average molecular weight is 521 g/mol. The fraction of sp³-hybridized carbons (Fsp3) is 0.0952. The maximum Gasteiger partial charge on any atom is 0.275 e. The van der Waals surface area contributed by atoms with Gasteiger partial charge in [-0.1, -0.05) is 35.3 Å². The molecule has 7 nitrogen and oxygen atoms in total. The summed E-state index contributed by atoms with van der Waals surface area (Å²) in [6.07, 6.45) is 3.33. The first-order valence-corrected chi connectivity index (χ1v) is 10.7. The molecule has 2 heterocycles. The van der Waals surface area contributed by atoms with E-state index in [9.17, 15) is 4.79 Å². The molecule has 1 amide bonds. The van der Waals surface area contributed by atoms with Gasteiger partial charge in [0.2, 0.25) is 0 Å². The van der Waals surface area contributed by atoms with Crippen molar-refractivity contribution in [3.05, 3.63) is 92.8 Å². The lowest BCUT2D eigenvalue weighted by Gasteiger charge is -2.09. The van der Waals surface area contributed by atoms with Gasteiger partial charge in [0.1, 0.15) is 11.4 Å². The van der Waals surface area contributed by atoms with Crippen LogP contribution in [0.5, 0.6) is 5.75 Å². The van der Waals surface area contributed by atoms with Gasteiger partial charge in [0.25, 0.3) is 5.91 Å². The Labute approximate surface area is 196 Å². The topological polar surface area (TPSA) is 74.0 Å². The number of nitrogens with one attached hydrogen (secondary N) is 1. The summed E-state index contributed by atoms with van der Waals surface area (Å²) in [5.41, 5.74) is 1.38. The molecule has 0 spiro atoms. The lowest BCUT2D eigenvalue weighted by atomic mass is 10.2. The second-order valence-electron chi connectivity index (χ2n) is 6.55. The van der Waals surface area contributed by atoms with E-state index in [-0.39, 0.29) is 12.6 Å². The zero-order valence-corrected chi connectivity index (χ0v) is 19.1. The van der Waals surface area contributed by atoms with E-state index in [1.165, 1.54) is 10.9 Å². The second-order valence-corrected chi connectivity index (χ2v) is 8.27. The summed E-state index contributed by atoms with van der Waals surface area (Å²) in [4.78, 5) is 12.8. The molecule has 0 bridgehead atoms. The number of carbonyl (C=O) groups is 1. The summed E-state index contributed by atoms with van der Waals surface area (Å²) in [6, 6.07) is 16.1. The van der Waals surface area contributed by atoms with Crippen LogP contribution in [-0.2, 0) is 13.3 Å². The van der Waals surface area contributed by atoms with Crippen LogP contribution in [0, 0.1) is 0 Å². The Hall–Kier alpha value is -2.81. The van der Waals surface area contributed by atoms with Crippen LogP contribution in [0.25, 0.3) is 0 Å². The van der Waals surface area contributed by atoms with Crippen molar-refractivity contribution in [2.75, 3.05) is 5.32 Å². The van der Waals surface area contributed by atoms with E-state index in [1.807, 2.05) is 24.3 Å². The Morgan fingerprint density at radius 2 is 1.71 bits per heavy atom. The summed E-state index contributed by atoms with van der Waals surface area (Å²) >= 11 is 15.2. The molecule has 0 unspecified atom stereocenters. The molecule has 1 N–H and O–H groups in total. The van der Waals surface area contributed by atoms with Crippen molar-refractivity contribution in [2.45, 2.75) is 13.3 Å². The van der Waals surface area contributed by atoms with Crippen LogP contribution in [-0.4, -0.2) is 25.5 Å². The van der Waals surface area contributed by atoms with Crippen LogP contribution in [0.15, 0.2) is 71.5 Å². The van der Waals surface area contributed by atoms with E-state index in [2.05, 4.69) is 31.4 Å². The number of anilines is 1. The largest absolute Gasteiger partial charge is 0.471 e. The average Bonchev–Trinajstić information content (AvgIpc) is 3.36. The summed E-state index contributed by atoms with van der Waals surface area (Å²) in [5, 5.41) is 12.7. The fourth-order valence-corrected chi connectivity index (χ4v) is 3.47. The number of nitrogens with zero attached hydrogens (tertiary/aromatic N) is 4. The minimum absolute atomic E-state index is 0.0730. The normalized spacial score (nSPS) is 10.8. The van der Waals surface area contributed by atoms with E-state index in [4.69, 9.17) is 27.9 Å². The highest BCUT2D eigenvalue weighted by molar-refractivity contribution is 9.10. The zero-order chi connectivity index (χ0) is 21.8. The van der Waals surface area contributed by atoms with Gasteiger partial charge in [-0.2, -0.15) is 10.2 Å². The first-order chi connectivity index (χ1) is 15.0. The Balaban J connectivity index is 1.42. The van der Waals surface area contributed by atoms with Crippen LogP contribution >= 0.6 is 39.1 Å². The highest BCUT2D eigenvalue weighted by Gasteiger charge is 2.16. The maximum atomic E-state index is 12.8. The molecule has 0 saturated heterocycles. The third-order valence-electron chi connectivity index (χ3n) is 4.32. The number of hydrogen-bond acceptors (Lipinski definition) is 4. The molecule has 2 aromatic heterocycles. The van der Waals surface area contributed by atoms with Gasteiger partial charge in [0.05, 0.1) is 11.0 Å². The molecule has 0 fully saturated rings. The number of aromatic nitrogens is 4. The number of halogens is 3. The highest BCUT2D eigenvalue weighted by atomic mass is 79.9. The van der Waals surface area contributed by atoms with Crippen molar-refractivity contribution in [1.82, 2.24) is 19.6 Å². The number of amides is 1. The molecule has 31 heavy (non-hydrogen) atoms. The molecule has 158 valence electrons. The van der Waals surface area contributed by atoms with Crippen molar-refractivity contribution in [3.63, 3.8) is 0 Å². The van der Waals surface area contributed by atoms with Gasteiger partial charge in [0, 0.05) is 22.4 Å². The Morgan fingerprint density at radius 3 is 2.42 bits per heavy atom. The standard InChI is InChI=1S/C21H16BrCl2N5O2/c22-18-12-28(11-14-1-3-15(23)4-2-14)27-20(18)26-21(30)19-9-10-25-29(19)13-31-17-7-5-16(24)6-8-17/h1-10,12H,11,13H2,(H,26,27,30). The number of carbonyl (C=O) groups excluding carboxylic acids is 1. The lowest BCUT2D eigenvalue weighted by Crippen LogP contribution is -2.20. The lowest BCUT2D eigenvalue weighted by molar-refractivity contribution is 0.100. The van der Waals surface area contributed by atoms with Crippen LogP contribution < -0.4 is 10.1 Å². The zero-order valence-electron chi connectivity index (χ0n) is 16.0. The van der Waals surface area contributed by atoms with Gasteiger partial charge in [-0.05, 0) is 64.0 Å². The van der Waals surface area contributed by atoms with Gasteiger partial charge in [-0.25, -0.2) is 4.68 Å². The summed E-state index contributed by atoms with van der Waals surface area (Å²) in [7, 11) is 0. The first kappa shape index (κ1) is 21.4. The maximum absolute atomic E-state index is 12.8. The molecule has 0 atom stereocenters. The molecule has 0 saturated carbocycles. The minimum atomic E-state index is -0.352. The van der Waals surface area contributed by atoms with Crippen LogP contribution in [0.3, 0.4) is 0 Å². The van der Waals surface area contributed by atoms with Crippen molar-refractivity contribution in [2.24, 2.45) is 0 Å². The van der Waals surface area contributed by atoms with E-state index < -0.39 is 0 Å². The predicted molar refractivity (Wildman–Crippen MR) is 123 cm³/mol. The smallest absolute Gasteiger partial charge is 0.275 e. The molecular formula is C21H16BrCl2N5O2. The molecule has 0 aliphatic rings. The number of rotatable bonds is 7. The third-order valence-corrected chi connectivity index (χ3v) is 5.41. The molecule has 2 aromatic carbocycles.